The Bertz CT molecular complexity index is 1280. The molecule has 3 N–H and O–H groups in total. The van der Waals surface area contributed by atoms with Gasteiger partial charge < -0.3 is 20.3 Å². The Morgan fingerprint density at radius 1 is 1.12 bits per heavy atom. The van der Waals surface area contributed by atoms with E-state index in [9.17, 15) is 14.4 Å². The van der Waals surface area contributed by atoms with Gasteiger partial charge in [0.15, 0.2) is 0 Å². The summed E-state index contributed by atoms with van der Waals surface area (Å²) in [5.74, 6) is -0.565. The number of fused-ring (bicyclic) bond motifs is 2. The van der Waals surface area contributed by atoms with Crippen molar-refractivity contribution in [1.29, 1.82) is 0 Å². The second kappa shape index (κ2) is 8.42. The molecule has 3 aromatic rings. The van der Waals surface area contributed by atoms with Crippen molar-refractivity contribution in [3.05, 3.63) is 75.6 Å². The van der Waals surface area contributed by atoms with E-state index in [4.69, 9.17) is 4.74 Å². The minimum atomic E-state index is -0.941. The highest BCUT2D eigenvalue weighted by Crippen LogP contribution is 2.31. The zero-order valence-electron chi connectivity index (χ0n) is 18.1. The lowest BCUT2D eigenvalue weighted by Crippen LogP contribution is -2.38. The van der Waals surface area contributed by atoms with Crippen LogP contribution in [0.15, 0.2) is 53.3 Å². The van der Waals surface area contributed by atoms with Crippen LogP contribution in [0.25, 0.3) is 0 Å². The number of H-pyrrole nitrogens is 1. The molecule has 9 heteroatoms. The van der Waals surface area contributed by atoms with Crippen LogP contribution >= 0.6 is 0 Å². The van der Waals surface area contributed by atoms with E-state index in [1.54, 1.807) is 31.4 Å². The Morgan fingerprint density at radius 2 is 1.88 bits per heavy atom. The summed E-state index contributed by atoms with van der Waals surface area (Å²) in [6.45, 7) is 1.29. The predicted molar refractivity (Wildman–Crippen MR) is 124 cm³/mol. The second-order valence-electron chi connectivity index (χ2n) is 8.11. The number of ether oxygens (including phenoxy) is 1. The van der Waals surface area contributed by atoms with Crippen LogP contribution in [0.5, 0.6) is 5.75 Å². The molecule has 0 saturated heterocycles. The van der Waals surface area contributed by atoms with Gasteiger partial charge in [-0.3, -0.25) is 19.4 Å². The van der Waals surface area contributed by atoms with Crippen LogP contribution in [0.3, 0.4) is 0 Å². The Hall–Kier alpha value is -4.14. The van der Waals surface area contributed by atoms with E-state index in [-0.39, 0.29) is 23.7 Å². The molecule has 2 aliphatic rings. The molecule has 33 heavy (non-hydrogen) atoms. The van der Waals surface area contributed by atoms with Crippen molar-refractivity contribution in [2.24, 2.45) is 0 Å². The number of nitrogens with zero attached hydrogens (tertiary/aromatic N) is 2. The molecule has 0 unspecified atom stereocenters. The van der Waals surface area contributed by atoms with E-state index in [0.717, 1.165) is 6.42 Å². The van der Waals surface area contributed by atoms with Crippen LogP contribution in [-0.2, 0) is 22.6 Å². The zero-order valence-corrected chi connectivity index (χ0v) is 18.1. The van der Waals surface area contributed by atoms with Gasteiger partial charge in [0.05, 0.1) is 18.6 Å². The highest BCUT2D eigenvalue weighted by atomic mass is 16.5. The molecule has 2 amide bonds. The van der Waals surface area contributed by atoms with Crippen molar-refractivity contribution in [2.75, 3.05) is 29.2 Å². The number of hydrogen-bond donors (Lipinski definition) is 3. The Morgan fingerprint density at radius 3 is 2.64 bits per heavy atom. The van der Waals surface area contributed by atoms with Gasteiger partial charge in [0.1, 0.15) is 11.6 Å². The molecule has 0 spiro atoms. The number of carbonyl (C=O) groups excluding carboxylic acids is 2. The first-order chi connectivity index (χ1) is 16.0. The molecule has 2 aliphatic heterocycles. The molecule has 2 aromatic carbocycles. The second-order valence-corrected chi connectivity index (χ2v) is 8.11. The topological polar surface area (TPSA) is 116 Å². The van der Waals surface area contributed by atoms with Crippen molar-refractivity contribution >= 4 is 29.3 Å². The van der Waals surface area contributed by atoms with Gasteiger partial charge in [0, 0.05) is 25.2 Å². The molecule has 1 atom stereocenters. The van der Waals surface area contributed by atoms with Gasteiger partial charge >= 0.3 is 0 Å². The molecule has 168 valence electrons. The third-order valence-corrected chi connectivity index (χ3v) is 6.04. The molecule has 0 aliphatic carbocycles. The SMILES string of the molecule is COc1ccc(NC(=O)[C@@H]2CC(=O)Nc3nc(N4CCc5ccccc5C4)[nH]c(=O)c32)cc1. The number of anilines is 3. The minimum Gasteiger partial charge on any atom is -0.497 e. The lowest BCUT2D eigenvalue weighted by atomic mass is 9.92. The molecule has 3 heterocycles. The van der Waals surface area contributed by atoms with Crippen LogP contribution in [0, 0.1) is 0 Å². The minimum absolute atomic E-state index is 0.129. The fraction of sp³-hybridized carbons (Fsp3) is 0.250. The van der Waals surface area contributed by atoms with Crippen molar-refractivity contribution < 1.29 is 14.3 Å². The average Bonchev–Trinajstić information content (AvgIpc) is 2.83. The number of carbonyl (C=O) groups is 2. The van der Waals surface area contributed by atoms with Gasteiger partial charge in [0.25, 0.3) is 5.56 Å². The molecule has 0 saturated carbocycles. The predicted octanol–water partition coefficient (Wildman–Crippen LogP) is 2.41. The maximum absolute atomic E-state index is 13.1. The normalized spacial score (nSPS) is 16.9. The molecular weight excluding hydrogens is 422 g/mol. The van der Waals surface area contributed by atoms with Gasteiger partial charge in [-0.2, -0.15) is 4.98 Å². The van der Waals surface area contributed by atoms with Crippen LogP contribution in [0.2, 0.25) is 0 Å². The van der Waals surface area contributed by atoms with Crippen molar-refractivity contribution in [3.8, 4) is 5.75 Å². The van der Waals surface area contributed by atoms with Gasteiger partial charge in [0.2, 0.25) is 17.8 Å². The number of methoxy groups -OCH3 is 1. The molecule has 9 nitrogen and oxygen atoms in total. The van der Waals surface area contributed by atoms with Crippen LogP contribution < -0.4 is 25.8 Å². The summed E-state index contributed by atoms with van der Waals surface area (Å²) in [6, 6.07) is 15.0. The van der Waals surface area contributed by atoms with E-state index in [1.807, 2.05) is 17.0 Å². The van der Waals surface area contributed by atoms with E-state index in [2.05, 4.69) is 32.7 Å². The summed E-state index contributed by atoms with van der Waals surface area (Å²) in [4.78, 5) is 47.7. The largest absolute Gasteiger partial charge is 0.497 e. The summed E-state index contributed by atoms with van der Waals surface area (Å²) in [5.41, 5.74) is 2.73. The highest BCUT2D eigenvalue weighted by Gasteiger charge is 2.35. The third kappa shape index (κ3) is 4.05. The molecule has 1 aromatic heterocycles. The maximum atomic E-state index is 13.1. The quantitative estimate of drug-likeness (QED) is 0.568. The number of rotatable bonds is 4. The number of benzene rings is 2. The molecule has 0 fully saturated rings. The van der Waals surface area contributed by atoms with Crippen LogP contribution in [0.1, 0.15) is 29.0 Å². The maximum Gasteiger partial charge on any atom is 0.258 e. The molecular formula is C24H23N5O4. The Kier molecular flexibility index (Phi) is 5.29. The van der Waals surface area contributed by atoms with Crippen molar-refractivity contribution in [3.63, 3.8) is 0 Å². The standard InChI is InChI=1S/C24H23N5O4/c1-33-17-8-6-16(7-9-17)25-22(31)18-12-19(30)26-21-20(18)23(32)28-24(27-21)29-11-10-14-4-2-3-5-15(14)13-29/h2-9,18H,10-13H2,1H3,(H,25,31)(H2,26,27,28,30,32)/t18-/m1/s1. The monoisotopic (exact) mass is 445 g/mol. The fourth-order valence-corrected chi connectivity index (χ4v) is 4.31. The van der Waals surface area contributed by atoms with E-state index in [0.29, 0.717) is 30.5 Å². The number of aromatic nitrogens is 2. The molecule has 0 radical (unpaired) electrons. The van der Waals surface area contributed by atoms with E-state index in [1.165, 1.54) is 11.1 Å². The van der Waals surface area contributed by atoms with Crippen molar-refractivity contribution in [2.45, 2.75) is 25.3 Å². The smallest absolute Gasteiger partial charge is 0.258 e. The van der Waals surface area contributed by atoms with E-state index < -0.39 is 17.4 Å². The molecule has 0 bridgehead atoms. The lowest BCUT2D eigenvalue weighted by molar-refractivity contribution is -0.123. The van der Waals surface area contributed by atoms with Gasteiger partial charge in [-0.05, 0) is 41.8 Å². The summed E-state index contributed by atoms with van der Waals surface area (Å²) >= 11 is 0. The summed E-state index contributed by atoms with van der Waals surface area (Å²) < 4.78 is 5.12. The number of amides is 2. The summed E-state index contributed by atoms with van der Waals surface area (Å²) in [5, 5.41) is 5.45. The van der Waals surface area contributed by atoms with Gasteiger partial charge in [-0.1, -0.05) is 24.3 Å². The van der Waals surface area contributed by atoms with Gasteiger partial charge in [-0.15, -0.1) is 0 Å². The zero-order chi connectivity index (χ0) is 22.9. The van der Waals surface area contributed by atoms with E-state index >= 15 is 0 Å². The average molecular weight is 445 g/mol. The first kappa shape index (κ1) is 20.7. The number of hydrogen-bond acceptors (Lipinski definition) is 6. The fourth-order valence-electron chi connectivity index (χ4n) is 4.31. The first-order valence-electron chi connectivity index (χ1n) is 10.7. The lowest BCUT2D eigenvalue weighted by Gasteiger charge is -2.30. The van der Waals surface area contributed by atoms with Gasteiger partial charge in [-0.25, -0.2) is 0 Å². The summed E-state index contributed by atoms with van der Waals surface area (Å²) in [7, 11) is 1.56. The summed E-state index contributed by atoms with van der Waals surface area (Å²) in [6.07, 6.45) is 0.701. The number of nitrogens with one attached hydrogen (secondary N) is 3. The van der Waals surface area contributed by atoms with Crippen LogP contribution in [-0.4, -0.2) is 35.4 Å². The Labute approximate surface area is 189 Å². The Balaban J connectivity index is 1.42. The van der Waals surface area contributed by atoms with Crippen LogP contribution in [0.4, 0.5) is 17.5 Å². The first-order valence-corrected chi connectivity index (χ1v) is 10.7. The highest BCUT2D eigenvalue weighted by molar-refractivity contribution is 6.04. The van der Waals surface area contributed by atoms with Crippen molar-refractivity contribution in [1.82, 2.24) is 9.97 Å². The number of aromatic amines is 1. The molecule has 5 rings (SSSR count). The third-order valence-electron chi connectivity index (χ3n) is 6.04.